The molecule has 0 aliphatic rings. The van der Waals surface area contributed by atoms with Crippen molar-refractivity contribution >= 4 is 57.5 Å². The number of hydrogen-bond donors (Lipinski definition) is 3. The van der Waals surface area contributed by atoms with Crippen LogP contribution >= 0.6 is 34.5 Å². The van der Waals surface area contributed by atoms with Crippen molar-refractivity contribution < 1.29 is 0 Å². The molecule has 0 amide bonds. The summed E-state index contributed by atoms with van der Waals surface area (Å²) < 4.78 is 0. The highest BCUT2D eigenvalue weighted by atomic mass is 35.5. The quantitative estimate of drug-likeness (QED) is 0.571. The molecule has 124 valence electrons. The highest BCUT2D eigenvalue weighted by molar-refractivity contribution is 7.09. The van der Waals surface area contributed by atoms with E-state index >= 15 is 0 Å². The first-order chi connectivity index (χ1) is 11.6. The Balaban J connectivity index is 1.70. The molecule has 0 saturated carbocycles. The number of nitrogens with two attached hydrogens (primary N) is 1. The molecular weight excluding hydrogens is 365 g/mol. The summed E-state index contributed by atoms with van der Waals surface area (Å²) in [6.07, 6.45) is 2.36. The Hall–Kier alpha value is -2.02. The zero-order valence-electron chi connectivity index (χ0n) is 12.6. The molecule has 2 aromatic heterocycles. The van der Waals surface area contributed by atoms with Crippen molar-refractivity contribution in [2.24, 2.45) is 0 Å². The van der Waals surface area contributed by atoms with E-state index in [1.165, 1.54) is 11.2 Å². The molecule has 0 fully saturated rings. The van der Waals surface area contributed by atoms with Crippen molar-refractivity contribution in [2.45, 2.75) is 6.42 Å². The molecule has 0 unspecified atom stereocenters. The highest BCUT2D eigenvalue weighted by Gasteiger charge is 2.10. The monoisotopic (exact) mass is 379 g/mol. The molecule has 1 aromatic carbocycles. The lowest BCUT2D eigenvalue weighted by Gasteiger charge is -2.13. The van der Waals surface area contributed by atoms with E-state index in [0.717, 1.165) is 13.0 Å². The van der Waals surface area contributed by atoms with Crippen LogP contribution in [0.5, 0.6) is 0 Å². The zero-order valence-corrected chi connectivity index (χ0v) is 14.9. The van der Waals surface area contributed by atoms with Crippen LogP contribution < -0.4 is 16.4 Å². The molecule has 0 spiro atoms. The normalized spacial score (nSPS) is 10.6. The Kier molecular flexibility index (Phi) is 5.40. The van der Waals surface area contributed by atoms with Crippen LogP contribution in [0.2, 0.25) is 10.0 Å². The summed E-state index contributed by atoms with van der Waals surface area (Å²) in [5.41, 5.74) is 7.27. The maximum atomic E-state index is 6.17. The molecule has 0 saturated heterocycles. The van der Waals surface area contributed by atoms with Gasteiger partial charge in [0, 0.05) is 16.4 Å². The molecule has 5 nitrogen and oxygen atoms in total. The number of nitrogen functional groups attached to an aromatic ring is 1. The Labute approximate surface area is 153 Å². The SMILES string of the molecule is Nc1c(NCCc2cccs2)ncnc1Nc1ccc(Cl)cc1Cl. The minimum atomic E-state index is 0.440. The van der Waals surface area contributed by atoms with Gasteiger partial charge in [0.1, 0.15) is 12.0 Å². The fourth-order valence-electron chi connectivity index (χ4n) is 2.11. The Morgan fingerprint density at radius 1 is 1.12 bits per heavy atom. The lowest BCUT2D eigenvalue weighted by atomic mass is 10.3. The van der Waals surface area contributed by atoms with Gasteiger partial charge in [0.05, 0.1) is 10.7 Å². The number of rotatable bonds is 6. The zero-order chi connectivity index (χ0) is 16.9. The third kappa shape index (κ3) is 4.08. The first-order valence-corrected chi connectivity index (χ1v) is 8.86. The van der Waals surface area contributed by atoms with E-state index in [2.05, 4.69) is 32.0 Å². The van der Waals surface area contributed by atoms with Crippen LogP contribution in [0.15, 0.2) is 42.0 Å². The number of aromatic nitrogens is 2. The third-order valence-corrected chi connectivity index (χ3v) is 4.80. The predicted octanol–water partition coefficient (Wildman–Crippen LogP) is 4.83. The van der Waals surface area contributed by atoms with Crippen molar-refractivity contribution in [2.75, 3.05) is 22.9 Å². The van der Waals surface area contributed by atoms with E-state index in [4.69, 9.17) is 28.9 Å². The van der Waals surface area contributed by atoms with Crippen molar-refractivity contribution in [1.29, 1.82) is 0 Å². The summed E-state index contributed by atoms with van der Waals surface area (Å²) in [5.74, 6) is 1.09. The number of thiophene rings is 1. The average molecular weight is 380 g/mol. The van der Waals surface area contributed by atoms with Gasteiger partial charge in [0.2, 0.25) is 0 Å². The summed E-state index contributed by atoms with van der Waals surface area (Å²) in [5, 5.41) is 9.47. The second-order valence-corrected chi connectivity index (χ2v) is 6.87. The second kappa shape index (κ2) is 7.70. The van der Waals surface area contributed by atoms with Crippen LogP contribution in [-0.2, 0) is 6.42 Å². The van der Waals surface area contributed by atoms with Gasteiger partial charge in [-0.3, -0.25) is 0 Å². The summed E-state index contributed by atoms with van der Waals surface area (Å²) in [7, 11) is 0. The van der Waals surface area contributed by atoms with Crippen LogP contribution in [0, 0.1) is 0 Å². The number of anilines is 4. The van der Waals surface area contributed by atoms with Gasteiger partial charge in [-0.1, -0.05) is 29.3 Å². The molecule has 3 rings (SSSR count). The summed E-state index contributed by atoms with van der Waals surface area (Å²) in [6, 6.07) is 9.31. The number of hydrogen-bond acceptors (Lipinski definition) is 6. The second-order valence-electron chi connectivity index (χ2n) is 4.99. The number of halogens is 2. The van der Waals surface area contributed by atoms with Crippen molar-refractivity contribution in [3.05, 3.63) is 57.0 Å². The fourth-order valence-corrected chi connectivity index (χ4v) is 3.28. The van der Waals surface area contributed by atoms with Gasteiger partial charge in [-0.15, -0.1) is 11.3 Å². The van der Waals surface area contributed by atoms with E-state index in [-0.39, 0.29) is 0 Å². The number of nitrogens with one attached hydrogen (secondary N) is 2. The molecule has 4 N–H and O–H groups in total. The van der Waals surface area contributed by atoms with Crippen LogP contribution in [0.25, 0.3) is 0 Å². The van der Waals surface area contributed by atoms with Crippen LogP contribution in [-0.4, -0.2) is 16.5 Å². The van der Waals surface area contributed by atoms with E-state index in [1.54, 1.807) is 29.5 Å². The molecule has 24 heavy (non-hydrogen) atoms. The lowest BCUT2D eigenvalue weighted by Crippen LogP contribution is -2.10. The number of nitrogens with zero attached hydrogens (tertiary/aromatic N) is 2. The fraction of sp³-hybridized carbons (Fsp3) is 0.125. The largest absolute Gasteiger partial charge is 0.393 e. The molecule has 3 aromatic rings. The average Bonchev–Trinajstić information content (AvgIpc) is 3.06. The first kappa shape index (κ1) is 16.8. The Morgan fingerprint density at radius 2 is 1.96 bits per heavy atom. The maximum absolute atomic E-state index is 6.17. The Morgan fingerprint density at radius 3 is 2.71 bits per heavy atom. The van der Waals surface area contributed by atoms with Crippen LogP contribution in [0.4, 0.5) is 23.0 Å². The molecule has 8 heteroatoms. The smallest absolute Gasteiger partial charge is 0.159 e. The van der Waals surface area contributed by atoms with Crippen molar-refractivity contribution in [1.82, 2.24) is 9.97 Å². The molecule has 0 radical (unpaired) electrons. The van der Waals surface area contributed by atoms with Crippen LogP contribution in [0.1, 0.15) is 4.88 Å². The predicted molar refractivity (Wildman–Crippen MR) is 103 cm³/mol. The summed E-state index contributed by atoms with van der Waals surface area (Å²) in [6.45, 7) is 0.739. The van der Waals surface area contributed by atoms with Gasteiger partial charge in [-0.05, 0) is 36.1 Å². The molecule has 0 atom stereocenters. The molecule has 0 aliphatic heterocycles. The third-order valence-electron chi connectivity index (χ3n) is 3.31. The Bertz CT molecular complexity index is 823. The molecule has 0 bridgehead atoms. The minimum Gasteiger partial charge on any atom is -0.393 e. The van der Waals surface area contributed by atoms with Gasteiger partial charge in [-0.2, -0.15) is 0 Å². The van der Waals surface area contributed by atoms with Gasteiger partial charge in [0.15, 0.2) is 11.6 Å². The summed E-state index contributed by atoms with van der Waals surface area (Å²) >= 11 is 13.8. The van der Waals surface area contributed by atoms with Crippen molar-refractivity contribution in [3.8, 4) is 0 Å². The number of benzene rings is 1. The molecular formula is C16H15Cl2N5S. The highest BCUT2D eigenvalue weighted by Crippen LogP contribution is 2.31. The topological polar surface area (TPSA) is 75.9 Å². The van der Waals surface area contributed by atoms with Gasteiger partial charge >= 0.3 is 0 Å². The van der Waals surface area contributed by atoms with Gasteiger partial charge in [-0.25, -0.2) is 9.97 Å². The van der Waals surface area contributed by atoms with Gasteiger partial charge < -0.3 is 16.4 Å². The van der Waals surface area contributed by atoms with E-state index < -0.39 is 0 Å². The van der Waals surface area contributed by atoms with E-state index in [0.29, 0.717) is 33.1 Å². The minimum absolute atomic E-state index is 0.440. The van der Waals surface area contributed by atoms with Gasteiger partial charge in [0.25, 0.3) is 0 Å². The summed E-state index contributed by atoms with van der Waals surface area (Å²) in [4.78, 5) is 9.68. The first-order valence-electron chi connectivity index (χ1n) is 7.22. The van der Waals surface area contributed by atoms with E-state index in [1.807, 2.05) is 6.07 Å². The van der Waals surface area contributed by atoms with E-state index in [9.17, 15) is 0 Å². The maximum Gasteiger partial charge on any atom is 0.159 e. The standard InChI is InChI=1S/C16H15Cl2N5S/c17-10-3-4-13(12(18)8-10)23-16-14(19)15(21-9-22-16)20-6-5-11-2-1-7-24-11/h1-4,7-9H,5-6,19H2,(H2,20,21,22,23). The lowest BCUT2D eigenvalue weighted by molar-refractivity contribution is 1.02. The van der Waals surface area contributed by atoms with Crippen LogP contribution in [0.3, 0.4) is 0 Å². The van der Waals surface area contributed by atoms with Crippen molar-refractivity contribution in [3.63, 3.8) is 0 Å². The molecule has 2 heterocycles. The molecule has 0 aliphatic carbocycles.